The van der Waals surface area contributed by atoms with Gasteiger partial charge in [-0.25, -0.2) is 4.39 Å². The number of ether oxygens (including phenoxy) is 1. The Balaban J connectivity index is 2.55. The van der Waals surface area contributed by atoms with E-state index in [4.69, 9.17) is 4.74 Å². The van der Waals surface area contributed by atoms with E-state index in [-0.39, 0.29) is 10.6 Å². The summed E-state index contributed by atoms with van der Waals surface area (Å²) in [6, 6.07) is 2.18. The molecule has 0 N–H and O–H groups in total. The Labute approximate surface area is 101 Å². The van der Waals surface area contributed by atoms with E-state index in [0.717, 1.165) is 0 Å². The molecule has 0 saturated carbocycles. The first-order valence-corrected chi connectivity index (χ1v) is 5.90. The smallest absolute Gasteiger partial charge is 0.277 e. The molecule has 1 nitrogen and oxygen atoms in total. The molecule has 1 aromatic rings. The van der Waals surface area contributed by atoms with Crippen LogP contribution in [0.15, 0.2) is 23.7 Å². The van der Waals surface area contributed by atoms with Crippen molar-refractivity contribution in [2.75, 3.05) is 0 Å². The largest absolute Gasteiger partial charge is 0.431 e. The number of hydrogen-bond acceptors (Lipinski definition) is 1. The van der Waals surface area contributed by atoms with Crippen molar-refractivity contribution in [3.8, 4) is 5.75 Å². The highest BCUT2D eigenvalue weighted by Gasteiger charge is 2.23. The van der Waals surface area contributed by atoms with E-state index in [2.05, 4.69) is 15.9 Å². The fourth-order valence-corrected chi connectivity index (χ4v) is 2.10. The quantitative estimate of drug-likeness (QED) is 0.695. The molecule has 0 saturated heterocycles. The van der Waals surface area contributed by atoms with Gasteiger partial charge in [0.1, 0.15) is 11.6 Å². The molecular formula is C12H11BrF2O. The summed E-state index contributed by atoms with van der Waals surface area (Å²) in [7, 11) is 0. The van der Waals surface area contributed by atoms with Crippen LogP contribution in [0.5, 0.6) is 5.75 Å². The van der Waals surface area contributed by atoms with Crippen molar-refractivity contribution in [3.63, 3.8) is 0 Å². The first-order valence-electron chi connectivity index (χ1n) is 4.98. The zero-order valence-electron chi connectivity index (χ0n) is 8.98. The zero-order chi connectivity index (χ0) is 11.9. The number of hydrogen-bond donors (Lipinski definition) is 0. The third-order valence-electron chi connectivity index (χ3n) is 2.57. The number of halogens is 3. The van der Waals surface area contributed by atoms with Crippen LogP contribution in [0.2, 0.25) is 0 Å². The van der Waals surface area contributed by atoms with E-state index < -0.39 is 6.01 Å². The monoisotopic (exact) mass is 288 g/mol. The molecule has 0 fully saturated rings. The molecule has 0 amide bonds. The number of fused-ring (bicyclic) bond motifs is 1. The fourth-order valence-electron chi connectivity index (χ4n) is 1.76. The van der Waals surface area contributed by atoms with Crippen molar-refractivity contribution in [3.05, 3.63) is 40.7 Å². The fraction of sp³-hybridized carbons (Fsp3) is 0.333. The molecule has 0 radical (unpaired) electrons. The van der Waals surface area contributed by atoms with Gasteiger partial charge >= 0.3 is 0 Å². The van der Waals surface area contributed by atoms with Gasteiger partial charge in [0.15, 0.2) is 0 Å². The van der Waals surface area contributed by atoms with Gasteiger partial charge in [0.2, 0.25) is 0 Å². The minimum Gasteiger partial charge on any atom is -0.431 e. The lowest BCUT2D eigenvalue weighted by molar-refractivity contribution is 0.280. The van der Waals surface area contributed by atoms with Crippen molar-refractivity contribution in [1.82, 2.24) is 0 Å². The molecule has 0 aromatic heterocycles. The molecule has 0 bridgehead atoms. The van der Waals surface area contributed by atoms with E-state index >= 15 is 0 Å². The van der Waals surface area contributed by atoms with Gasteiger partial charge in [0, 0.05) is 27.9 Å². The molecule has 1 heterocycles. The van der Waals surface area contributed by atoms with Gasteiger partial charge in [-0.05, 0) is 26.0 Å². The van der Waals surface area contributed by atoms with Crippen molar-refractivity contribution in [1.29, 1.82) is 0 Å². The molecule has 1 atom stereocenters. The van der Waals surface area contributed by atoms with Crippen LogP contribution >= 0.6 is 15.9 Å². The van der Waals surface area contributed by atoms with E-state index in [1.165, 1.54) is 12.1 Å². The molecule has 86 valence electrons. The van der Waals surface area contributed by atoms with E-state index in [9.17, 15) is 8.78 Å². The summed E-state index contributed by atoms with van der Waals surface area (Å²) in [6.45, 7) is 3.49. The normalized spacial score (nSPS) is 16.8. The van der Waals surface area contributed by atoms with Crippen LogP contribution in [0, 0.1) is 5.82 Å². The lowest BCUT2D eigenvalue weighted by Crippen LogP contribution is -2.09. The second kappa shape index (κ2) is 4.17. The Kier molecular flexibility index (Phi) is 3.02. The van der Waals surface area contributed by atoms with Gasteiger partial charge in [-0.15, -0.1) is 0 Å². The van der Waals surface area contributed by atoms with Gasteiger partial charge in [0.25, 0.3) is 6.01 Å². The Morgan fingerprint density at radius 1 is 1.38 bits per heavy atom. The standard InChI is InChI=1S/C12H11BrF2O/c1-6-3-8-4-9(14)5-10(7(2)13)11(8)16-12(6)15/h4-5,7H,3H2,1-2H3. The summed E-state index contributed by atoms with van der Waals surface area (Å²) in [5, 5.41) is 0. The Morgan fingerprint density at radius 3 is 2.69 bits per heavy atom. The Bertz CT molecular complexity index is 466. The Hall–Kier alpha value is -0.900. The minimum atomic E-state index is -0.575. The average molecular weight is 289 g/mol. The lowest BCUT2D eigenvalue weighted by atomic mass is 9.99. The molecule has 4 heteroatoms. The van der Waals surface area contributed by atoms with Gasteiger partial charge < -0.3 is 4.74 Å². The van der Waals surface area contributed by atoms with Crippen molar-refractivity contribution in [2.24, 2.45) is 0 Å². The topological polar surface area (TPSA) is 9.23 Å². The Morgan fingerprint density at radius 2 is 2.06 bits per heavy atom. The average Bonchev–Trinajstić information content (AvgIpc) is 2.19. The van der Waals surface area contributed by atoms with Crippen LogP contribution in [-0.4, -0.2) is 0 Å². The minimum absolute atomic E-state index is 0.0804. The molecular weight excluding hydrogens is 278 g/mol. The molecule has 1 aliphatic rings. The third-order valence-corrected chi connectivity index (χ3v) is 3.06. The van der Waals surface area contributed by atoms with Crippen LogP contribution < -0.4 is 4.74 Å². The second-order valence-corrected chi connectivity index (χ2v) is 5.31. The zero-order valence-corrected chi connectivity index (χ0v) is 10.6. The number of allylic oxidation sites excluding steroid dienone is 1. The van der Waals surface area contributed by atoms with Gasteiger partial charge in [-0.2, -0.15) is 4.39 Å². The molecule has 1 unspecified atom stereocenters. The molecule has 1 aromatic carbocycles. The van der Waals surface area contributed by atoms with Crippen LogP contribution in [0.1, 0.15) is 29.8 Å². The maximum absolute atomic E-state index is 13.4. The molecule has 0 spiro atoms. The number of rotatable bonds is 1. The summed E-state index contributed by atoms with van der Waals surface area (Å²) in [6.07, 6.45) is 0.394. The van der Waals surface area contributed by atoms with E-state index in [1.54, 1.807) is 6.92 Å². The van der Waals surface area contributed by atoms with E-state index in [1.807, 2.05) is 6.92 Å². The lowest BCUT2D eigenvalue weighted by Gasteiger charge is -2.21. The summed E-state index contributed by atoms with van der Waals surface area (Å²) in [5.41, 5.74) is 1.82. The predicted molar refractivity (Wildman–Crippen MR) is 61.9 cm³/mol. The van der Waals surface area contributed by atoms with Crippen LogP contribution in [0.25, 0.3) is 0 Å². The summed E-state index contributed by atoms with van der Waals surface area (Å²) < 4.78 is 31.8. The van der Waals surface area contributed by atoms with Gasteiger partial charge in [-0.3, -0.25) is 0 Å². The van der Waals surface area contributed by atoms with Gasteiger partial charge in [-0.1, -0.05) is 15.9 Å². The highest BCUT2D eigenvalue weighted by atomic mass is 79.9. The van der Waals surface area contributed by atoms with Crippen LogP contribution in [-0.2, 0) is 6.42 Å². The molecule has 16 heavy (non-hydrogen) atoms. The predicted octanol–water partition coefficient (Wildman–Crippen LogP) is 4.42. The van der Waals surface area contributed by atoms with E-state index in [0.29, 0.717) is 28.9 Å². The first kappa shape index (κ1) is 11.6. The summed E-state index contributed by atoms with van der Waals surface area (Å²) in [4.78, 5) is -0.0804. The van der Waals surface area contributed by atoms with Crippen LogP contribution in [0.3, 0.4) is 0 Å². The highest BCUT2D eigenvalue weighted by molar-refractivity contribution is 9.09. The van der Waals surface area contributed by atoms with Crippen molar-refractivity contribution >= 4 is 15.9 Å². The van der Waals surface area contributed by atoms with Crippen LogP contribution in [0.4, 0.5) is 8.78 Å². The van der Waals surface area contributed by atoms with Crippen molar-refractivity contribution < 1.29 is 13.5 Å². The molecule has 1 aliphatic heterocycles. The maximum Gasteiger partial charge on any atom is 0.277 e. The maximum atomic E-state index is 13.4. The number of benzene rings is 1. The second-order valence-electron chi connectivity index (χ2n) is 3.93. The third kappa shape index (κ3) is 1.98. The first-order chi connectivity index (χ1) is 7.49. The highest BCUT2D eigenvalue weighted by Crippen LogP contribution is 2.39. The molecule has 2 rings (SSSR count). The van der Waals surface area contributed by atoms with Crippen molar-refractivity contribution in [2.45, 2.75) is 25.1 Å². The summed E-state index contributed by atoms with van der Waals surface area (Å²) >= 11 is 3.35. The SMILES string of the molecule is CC1=C(F)Oc2c(cc(F)cc2C(C)Br)C1. The molecule has 0 aliphatic carbocycles. The number of alkyl halides is 1. The van der Waals surface area contributed by atoms with Gasteiger partial charge in [0.05, 0.1) is 0 Å². The summed E-state index contributed by atoms with van der Waals surface area (Å²) in [5.74, 6) is 0.118.